The van der Waals surface area contributed by atoms with Crippen LogP contribution in [-0.4, -0.2) is 67.2 Å². The van der Waals surface area contributed by atoms with Crippen LogP contribution < -0.4 is 10.2 Å². The summed E-state index contributed by atoms with van der Waals surface area (Å²) in [6.07, 6.45) is 3.42. The molecule has 0 bridgehead atoms. The number of nitrogens with one attached hydrogen (secondary N) is 1. The molecule has 1 aliphatic rings. The number of anilines is 1. The van der Waals surface area contributed by atoms with Gasteiger partial charge in [-0.2, -0.15) is 0 Å². The lowest BCUT2D eigenvalue weighted by Crippen LogP contribution is -2.53. The summed E-state index contributed by atoms with van der Waals surface area (Å²) in [5.41, 5.74) is 1.03. The Morgan fingerprint density at radius 1 is 1.21 bits per heavy atom. The zero-order chi connectivity index (χ0) is 19.8. The van der Waals surface area contributed by atoms with Gasteiger partial charge in [-0.1, -0.05) is 23.7 Å². The van der Waals surface area contributed by atoms with Gasteiger partial charge >= 0.3 is 0 Å². The summed E-state index contributed by atoms with van der Waals surface area (Å²) in [5.74, 6) is 1.68. The zero-order valence-electron chi connectivity index (χ0n) is 16.4. The number of guanidine groups is 1. The molecule has 0 aliphatic carbocycles. The van der Waals surface area contributed by atoms with E-state index in [1.807, 2.05) is 30.3 Å². The maximum Gasteiger partial charge on any atom is 0.225 e. The number of aliphatic imine (C=N–C) groups is 1. The van der Waals surface area contributed by atoms with E-state index < -0.39 is 0 Å². The van der Waals surface area contributed by atoms with Crippen LogP contribution in [0.25, 0.3) is 0 Å². The minimum absolute atomic E-state index is 0.133. The molecule has 0 amide bonds. The van der Waals surface area contributed by atoms with Gasteiger partial charge in [-0.15, -0.1) is 0 Å². The molecule has 8 heteroatoms. The normalized spacial score (nSPS) is 16.2. The number of methoxy groups -OCH3 is 1. The molecule has 0 radical (unpaired) electrons. The van der Waals surface area contributed by atoms with Crippen LogP contribution >= 0.6 is 11.6 Å². The van der Waals surface area contributed by atoms with Gasteiger partial charge in [0.25, 0.3) is 0 Å². The summed E-state index contributed by atoms with van der Waals surface area (Å²) < 4.78 is 5.65. The van der Waals surface area contributed by atoms with Crippen LogP contribution in [0.3, 0.4) is 0 Å². The number of rotatable bonds is 6. The highest BCUT2D eigenvalue weighted by Gasteiger charge is 2.21. The maximum absolute atomic E-state index is 6.12. The number of hydrogen-bond donors (Lipinski definition) is 1. The highest BCUT2D eigenvalue weighted by molar-refractivity contribution is 6.30. The van der Waals surface area contributed by atoms with E-state index in [9.17, 15) is 0 Å². The third kappa shape index (κ3) is 5.33. The zero-order valence-corrected chi connectivity index (χ0v) is 17.1. The van der Waals surface area contributed by atoms with E-state index in [0.717, 1.165) is 50.2 Å². The molecule has 1 saturated heterocycles. The molecule has 1 fully saturated rings. The highest BCUT2D eigenvalue weighted by Crippen LogP contribution is 2.21. The molecule has 3 rings (SSSR count). The van der Waals surface area contributed by atoms with E-state index in [1.54, 1.807) is 19.5 Å². The van der Waals surface area contributed by atoms with Crippen LogP contribution in [0, 0.1) is 0 Å². The van der Waals surface area contributed by atoms with Gasteiger partial charge in [0.1, 0.15) is 6.10 Å². The Hall–Kier alpha value is -2.38. The van der Waals surface area contributed by atoms with E-state index in [4.69, 9.17) is 21.3 Å². The molecule has 7 nitrogen and oxygen atoms in total. The first-order valence-corrected chi connectivity index (χ1v) is 9.92. The fourth-order valence-electron chi connectivity index (χ4n) is 3.19. The molecule has 150 valence electrons. The fourth-order valence-corrected chi connectivity index (χ4v) is 3.39. The fraction of sp³-hybridized carbons (Fsp3) is 0.450. The topological polar surface area (TPSA) is 65.9 Å². The first-order chi connectivity index (χ1) is 13.7. The van der Waals surface area contributed by atoms with Crippen molar-refractivity contribution in [2.75, 3.05) is 51.3 Å². The second kappa shape index (κ2) is 10.2. The van der Waals surface area contributed by atoms with E-state index in [2.05, 4.69) is 32.0 Å². The Bertz CT molecular complexity index is 764. The van der Waals surface area contributed by atoms with Gasteiger partial charge in [0.2, 0.25) is 5.95 Å². The van der Waals surface area contributed by atoms with Crippen LogP contribution in [0.15, 0.2) is 47.7 Å². The number of piperazine rings is 1. The van der Waals surface area contributed by atoms with Gasteiger partial charge < -0.3 is 19.9 Å². The Kier molecular flexibility index (Phi) is 7.45. The molecule has 0 saturated carbocycles. The van der Waals surface area contributed by atoms with Crippen molar-refractivity contribution in [3.8, 4) is 0 Å². The molecule has 1 N–H and O–H groups in total. The third-order valence-electron chi connectivity index (χ3n) is 4.66. The summed E-state index contributed by atoms with van der Waals surface area (Å²) in [6.45, 7) is 6.86. The van der Waals surface area contributed by atoms with Crippen molar-refractivity contribution in [2.45, 2.75) is 13.0 Å². The van der Waals surface area contributed by atoms with Crippen molar-refractivity contribution in [1.82, 2.24) is 20.2 Å². The molecule has 1 aromatic carbocycles. The molecule has 0 spiro atoms. The molecule has 1 atom stereocenters. The number of benzene rings is 1. The lowest BCUT2D eigenvalue weighted by molar-refractivity contribution is 0.110. The number of halogens is 1. The smallest absolute Gasteiger partial charge is 0.225 e. The van der Waals surface area contributed by atoms with Crippen LogP contribution in [-0.2, 0) is 4.74 Å². The van der Waals surface area contributed by atoms with Crippen LogP contribution in [0.5, 0.6) is 0 Å². The predicted octanol–water partition coefficient (Wildman–Crippen LogP) is 2.61. The van der Waals surface area contributed by atoms with E-state index in [-0.39, 0.29) is 6.10 Å². The molecule has 2 aromatic rings. The third-order valence-corrected chi connectivity index (χ3v) is 4.90. The second-order valence-electron chi connectivity index (χ2n) is 6.50. The minimum Gasteiger partial charge on any atom is -0.375 e. The average molecular weight is 403 g/mol. The van der Waals surface area contributed by atoms with Crippen LogP contribution in [0.1, 0.15) is 18.6 Å². The maximum atomic E-state index is 6.12. The summed E-state index contributed by atoms with van der Waals surface area (Å²) in [5, 5.41) is 4.10. The van der Waals surface area contributed by atoms with Crippen molar-refractivity contribution >= 4 is 23.5 Å². The van der Waals surface area contributed by atoms with Crippen LogP contribution in [0.2, 0.25) is 5.02 Å². The van der Waals surface area contributed by atoms with Gasteiger partial charge in [0.05, 0.1) is 6.54 Å². The predicted molar refractivity (Wildman–Crippen MR) is 113 cm³/mol. The summed E-state index contributed by atoms with van der Waals surface area (Å²) in [4.78, 5) is 18.0. The van der Waals surface area contributed by atoms with Crippen molar-refractivity contribution in [3.63, 3.8) is 0 Å². The monoisotopic (exact) mass is 402 g/mol. The van der Waals surface area contributed by atoms with Crippen molar-refractivity contribution in [3.05, 3.63) is 53.3 Å². The molecule has 1 aromatic heterocycles. The Balaban J connectivity index is 1.64. The van der Waals surface area contributed by atoms with Gasteiger partial charge in [-0.05, 0) is 30.7 Å². The summed E-state index contributed by atoms with van der Waals surface area (Å²) in [7, 11) is 1.70. The molecule has 2 heterocycles. The molecule has 1 unspecified atom stereocenters. The number of nitrogens with zero attached hydrogens (tertiary/aromatic N) is 5. The second-order valence-corrected chi connectivity index (χ2v) is 6.93. The minimum atomic E-state index is -0.133. The Morgan fingerprint density at radius 3 is 2.61 bits per heavy atom. The number of aromatic nitrogens is 2. The average Bonchev–Trinajstić information content (AvgIpc) is 2.74. The summed E-state index contributed by atoms with van der Waals surface area (Å²) >= 11 is 6.12. The highest BCUT2D eigenvalue weighted by atomic mass is 35.5. The standard InChI is InChI=1S/C20H27ClN6O/c1-3-22-19(25-15-18(28-2)16-6-4-7-17(21)14-16)26-10-12-27(13-11-26)20-23-8-5-9-24-20/h4-9,14,18H,3,10-13,15H2,1-2H3,(H,22,25). The Labute approximate surface area is 171 Å². The Morgan fingerprint density at radius 2 is 1.96 bits per heavy atom. The number of hydrogen-bond acceptors (Lipinski definition) is 5. The quantitative estimate of drug-likeness (QED) is 0.591. The molecular weight excluding hydrogens is 376 g/mol. The van der Waals surface area contributed by atoms with Crippen molar-refractivity contribution < 1.29 is 4.74 Å². The first kappa shape index (κ1) is 20.4. The first-order valence-electron chi connectivity index (χ1n) is 9.54. The van der Waals surface area contributed by atoms with E-state index in [0.29, 0.717) is 11.6 Å². The molecule has 28 heavy (non-hydrogen) atoms. The largest absolute Gasteiger partial charge is 0.375 e. The van der Waals surface area contributed by atoms with Gasteiger partial charge in [-0.3, -0.25) is 4.99 Å². The van der Waals surface area contributed by atoms with Crippen LogP contribution in [0.4, 0.5) is 5.95 Å². The van der Waals surface area contributed by atoms with Crippen molar-refractivity contribution in [1.29, 1.82) is 0 Å². The molecular formula is C20H27ClN6O. The van der Waals surface area contributed by atoms with E-state index >= 15 is 0 Å². The molecule has 1 aliphatic heterocycles. The lowest BCUT2D eigenvalue weighted by atomic mass is 10.1. The lowest BCUT2D eigenvalue weighted by Gasteiger charge is -2.36. The summed E-state index contributed by atoms with van der Waals surface area (Å²) in [6, 6.07) is 9.57. The number of ether oxygens (including phenoxy) is 1. The van der Waals surface area contributed by atoms with Crippen molar-refractivity contribution in [2.24, 2.45) is 4.99 Å². The van der Waals surface area contributed by atoms with Gasteiger partial charge in [0.15, 0.2) is 5.96 Å². The van der Waals surface area contributed by atoms with Gasteiger partial charge in [-0.25, -0.2) is 9.97 Å². The van der Waals surface area contributed by atoms with E-state index in [1.165, 1.54) is 0 Å². The van der Waals surface area contributed by atoms with Gasteiger partial charge in [0, 0.05) is 57.2 Å². The SMILES string of the molecule is CCNC(=NCC(OC)c1cccc(Cl)c1)N1CCN(c2ncccn2)CC1.